The monoisotopic (exact) mass is 398 g/mol. The van der Waals surface area contributed by atoms with Gasteiger partial charge in [0.15, 0.2) is 0 Å². The number of aryl methyl sites for hydroxylation is 1. The van der Waals surface area contributed by atoms with Crippen LogP contribution in [0.5, 0.6) is 0 Å². The Bertz CT molecular complexity index is 621. The Morgan fingerprint density at radius 1 is 1.29 bits per heavy atom. The number of likely N-dealkylation sites (N-methyl/N-ethyl adjacent to an activating group) is 1. The maximum Gasteiger partial charge on any atom is 0.321 e. The molecule has 1 atom stereocenters. The lowest BCUT2D eigenvalue weighted by atomic mass is 10.2. The average molecular weight is 399 g/mol. The molecule has 1 aromatic rings. The zero-order valence-corrected chi connectivity index (χ0v) is 15.9. The molecule has 0 aliphatic heterocycles. The highest BCUT2D eigenvalue weighted by Gasteiger charge is 2.21. The Hall–Kier alpha value is -1.93. The molecule has 0 saturated heterocycles. The fourth-order valence-electron chi connectivity index (χ4n) is 1.94. The number of hydrogen-bond acceptors (Lipinski definition) is 4. The van der Waals surface area contributed by atoms with Gasteiger partial charge in [0.2, 0.25) is 11.8 Å². The molecule has 0 spiro atoms. The predicted molar refractivity (Wildman–Crippen MR) is 96.8 cm³/mol. The smallest absolute Gasteiger partial charge is 0.321 e. The van der Waals surface area contributed by atoms with Crippen LogP contribution in [0.15, 0.2) is 22.7 Å². The van der Waals surface area contributed by atoms with Crippen molar-refractivity contribution >= 4 is 39.5 Å². The number of carbonyl (C=O) groups is 3. The van der Waals surface area contributed by atoms with Gasteiger partial charge < -0.3 is 10.6 Å². The van der Waals surface area contributed by atoms with Crippen LogP contribution in [0, 0.1) is 6.92 Å². The lowest BCUT2D eigenvalue weighted by Gasteiger charge is -2.23. The first kappa shape index (κ1) is 20.1. The van der Waals surface area contributed by atoms with Crippen LogP contribution in [0.3, 0.4) is 0 Å². The molecule has 3 N–H and O–H groups in total. The van der Waals surface area contributed by atoms with E-state index in [4.69, 9.17) is 0 Å². The van der Waals surface area contributed by atoms with E-state index in [-0.39, 0.29) is 12.5 Å². The van der Waals surface area contributed by atoms with E-state index in [0.717, 1.165) is 15.7 Å². The van der Waals surface area contributed by atoms with E-state index in [0.29, 0.717) is 6.54 Å². The second-order valence-corrected chi connectivity index (χ2v) is 6.36. The summed E-state index contributed by atoms with van der Waals surface area (Å²) in [5, 5.41) is 7.52. The summed E-state index contributed by atoms with van der Waals surface area (Å²) in [5.41, 5.74) is 1.65. The van der Waals surface area contributed by atoms with Gasteiger partial charge >= 0.3 is 6.03 Å². The molecular weight excluding hydrogens is 376 g/mol. The zero-order valence-electron chi connectivity index (χ0n) is 14.3. The number of nitrogens with one attached hydrogen (secondary N) is 3. The van der Waals surface area contributed by atoms with Gasteiger partial charge in [-0.1, -0.05) is 15.9 Å². The molecule has 8 heteroatoms. The third-order valence-electron chi connectivity index (χ3n) is 3.47. The van der Waals surface area contributed by atoms with Gasteiger partial charge in [-0.2, -0.15) is 0 Å². The molecule has 4 amide bonds. The van der Waals surface area contributed by atoms with Crippen LogP contribution in [-0.2, 0) is 9.59 Å². The molecule has 0 saturated carbocycles. The SMILES string of the molecule is CCNC(=O)NC(=O)C(C)N(C)CC(=O)Nc1ccc(Br)cc1C. The Morgan fingerprint density at radius 3 is 2.54 bits per heavy atom. The summed E-state index contributed by atoms with van der Waals surface area (Å²) < 4.78 is 0.936. The lowest BCUT2D eigenvalue weighted by molar-refractivity contribution is -0.125. The highest BCUT2D eigenvalue weighted by molar-refractivity contribution is 9.10. The van der Waals surface area contributed by atoms with Crippen molar-refractivity contribution in [2.75, 3.05) is 25.5 Å². The van der Waals surface area contributed by atoms with Crippen molar-refractivity contribution in [3.63, 3.8) is 0 Å². The summed E-state index contributed by atoms with van der Waals surface area (Å²) in [4.78, 5) is 37.0. The number of nitrogens with zero attached hydrogens (tertiary/aromatic N) is 1. The fourth-order valence-corrected chi connectivity index (χ4v) is 2.42. The molecule has 1 unspecified atom stereocenters. The Morgan fingerprint density at radius 2 is 1.96 bits per heavy atom. The molecule has 0 fully saturated rings. The van der Waals surface area contributed by atoms with E-state index in [2.05, 4.69) is 31.9 Å². The van der Waals surface area contributed by atoms with Crippen LogP contribution in [0.25, 0.3) is 0 Å². The molecule has 24 heavy (non-hydrogen) atoms. The van der Waals surface area contributed by atoms with Gasteiger partial charge in [-0.05, 0) is 51.6 Å². The number of anilines is 1. The van der Waals surface area contributed by atoms with E-state index >= 15 is 0 Å². The first-order valence-corrected chi connectivity index (χ1v) is 8.38. The number of carbonyl (C=O) groups excluding carboxylic acids is 3. The van der Waals surface area contributed by atoms with E-state index in [1.54, 1.807) is 25.8 Å². The minimum Gasteiger partial charge on any atom is -0.338 e. The van der Waals surface area contributed by atoms with E-state index in [1.807, 2.05) is 25.1 Å². The molecular formula is C16H23BrN4O3. The van der Waals surface area contributed by atoms with Gasteiger partial charge in [0.05, 0.1) is 12.6 Å². The Balaban J connectivity index is 2.56. The van der Waals surface area contributed by atoms with Crippen molar-refractivity contribution in [1.29, 1.82) is 0 Å². The first-order chi connectivity index (χ1) is 11.2. The molecule has 1 rings (SSSR count). The summed E-state index contributed by atoms with van der Waals surface area (Å²) in [7, 11) is 1.65. The predicted octanol–water partition coefficient (Wildman–Crippen LogP) is 1.86. The lowest BCUT2D eigenvalue weighted by Crippen LogP contribution is -2.50. The maximum atomic E-state index is 12.1. The molecule has 132 valence electrons. The first-order valence-electron chi connectivity index (χ1n) is 7.59. The van der Waals surface area contributed by atoms with Gasteiger partial charge in [0, 0.05) is 16.7 Å². The number of rotatable bonds is 6. The summed E-state index contributed by atoms with van der Waals surface area (Å²) in [6.45, 7) is 5.74. The number of hydrogen-bond donors (Lipinski definition) is 3. The van der Waals surface area contributed by atoms with Gasteiger partial charge in [-0.15, -0.1) is 0 Å². The number of amides is 4. The van der Waals surface area contributed by atoms with Crippen LogP contribution < -0.4 is 16.0 Å². The minimum absolute atomic E-state index is 0.0273. The van der Waals surface area contributed by atoms with E-state index in [1.165, 1.54) is 0 Å². The summed E-state index contributed by atoms with van der Waals surface area (Å²) >= 11 is 3.37. The van der Waals surface area contributed by atoms with Crippen LogP contribution in [-0.4, -0.2) is 48.9 Å². The highest BCUT2D eigenvalue weighted by Crippen LogP contribution is 2.19. The molecule has 0 radical (unpaired) electrons. The zero-order chi connectivity index (χ0) is 18.3. The number of benzene rings is 1. The van der Waals surface area contributed by atoms with Crippen molar-refractivity contribution in [1.82, 2.24) is 15.5 Å². The normalized spacial score (nSPS) is 11.8. The van der Waals surface area contributed by atoms with Gasteiger partial charge in [0.25, 0.3) is 0 Å². The molecule has 0 aromatic heterocycles. The largest absolute Gasteiger partial charge is 0.338 e. The van der Waals surface area contributed by atoms with E-state index < -0.39 is 18.0 Å². The molecule has 7 nitrogen and oxygen atoms in total. The van der Waals surface area contributed by atoms with Gasteiger partial charge in [0.1, 0.15) is 0 Å². The van der Waals surface area contributed by atoms with Crippen LogP contribution in [0.2, 0.25) is 0 Å². The third kappa shape index (κ3) is 6.29. The fraction of sp³-hybridized carbons (Fsp3) is 0.438. The van der Waals surface area contributed by atoms with Crippen LogP contribution in [0.4, 0.5) is 10.5 Å². The molecule has 0 bridgehead atoms. The highest BCUT2D eigenvalue weighted by atomic mass is 79.9. The summed E-state index contributed by atoms with van der Waals surface area (Å²) in [6.07, 6.45) is 0. The molecule has 1 aromatic carbocycles. The number of imide groups is 1. The van der Waals surface area contributed by atoms with Crippen LogP contribution >= 0.6 is 15.9 Å². The second kappa shape index (κ2) is 9.39. The maximum absolute atomic E-state index is 12.1. The Kier molecular flexibility index (Phi) is 7.87. The molecule has 0 heterocycles. The van der Waals surface area contributed by atoms with Crippen molar-refractivity contribution in [3.8, 4) is 0 Å². The quantitative estimate of drug-likeness (QED) is 0.681. The van der Waals surface area contributed by atoms with E-state index in [9.17, 15) is 14.4 Å². The number of halogens is 1. The van der Waals surface area contributed by atoms with Crippen molar-refractivity contribution in [2.24, 2.45) is 0 Å². The summed E-state index contributed by atoms with van der Waals surface area (Å²) in [5.74, 6) is -0.698. The Labute approximate surface area is 150 Å². The standard InChI is InChI=1S/C16H23BrN4O3/c1-5-18-16(24)20-15(23)11(3)21(4)9-14(22)19-13-7-6-12(17)8-10(13)2/h6-8,11H,5,9H2,1-4H3,(H,19,22)(H2,18,20,23,24). The second-order valence-electron chi connectivity index (χ2n) is 5.45. The van der Waals surface area contributed by atoms with Crippen molar-refractivity contribution in [3.05, 3.63) is 28.2 Å². The average Bonchev–Trinajstić information content (AvgIpc) is 2.49. The van der Waals surface area contributed by atoms with Crippen molar-refractivity contribution in [2.45, 2.75) is 26.8 Å². The van der Waals surface area contributed by atoms with Crippen molar-refractivity contribution < 1.29 is 14.4 Å². The minimum atomic E-state index is -0.621. The third-order valence-corrected chi connectivity index (χ3v) is 3.96. The molecule has 0 aliphatic carbocycles. The number of urea groups is 1. The molecule has 0 aliphatic rings. The van der Waals surface area contributed by atoms with Gasteiger partial charge in [-0.25, -0.2) is 4.79 Å². The van der Waals surface area contributed by atoms with Gasteiger partial charge in [-0.3, -0.25) is 19.8 Å². The topological polar surface area (TPSA) is 90.5 Å². The van der Waals surface area contributed by atoms with Crippen LogP contribution in [0.1, 0.15) is 19.4 Å². The summed E-state index contributed by atoms with van der Waals surface area (Å²) in [6, 6.07) is 4.39.